The molecule has 0 aliphatic rings. The van der Waals surface area contributed by atoms with E-state index in [0.717, 1.165) is 12.8 Å². The largest absolute Gasteiger partial charge is 0.0988 e. The fraction of sp³-hybridized carbons (Fsp3) is 0.517. The van der Waals surface area contributed by atoms with E-state index in [2.05, 4.69) is 107 Å². The van der Waals surface area contributed by atoms with Crippen molar-refractivity contribution in [3.63, 3.8) is 0 Å². The van der Waals surface area contributed by atoms with E-state index in [1.165, 1.54) is 50.1 Å². The monoisotopic (exact) mass is 392 g/mol. The summed E-state index contributed by atoms with van der Waals surface area (Å²) in [5.41, 5.74) is 12.8. The van der Waals surface area contributed by atoms with Crippen LogP contribution in [0.2, 0.25) is 0 Å². The molecule has 0 saturated heterocycles. The fourth-order valence-corrected chi connectivity index (χ4v) is 4.55. The lowest BCUT2D eigenvalue weighted by atomic mass is 9.75. The lowest BCUT2D eigenvalue weighted by Gasteiger charge is -2.30. The lowest BCUT2D eigenvalue weighted by Crippen LogP contribution is -2.14. The van der Waals surface area contributed by atoms with E-state index < -0.39 is 0 Å². The van der Waals surface area contributed by atoms with Crippen LogP contribution in [0.3, 0.4) is 0 Å². The molecule has 160 valence electrons. The van der Waals surface area contributed by atoms with Crippen LogP contribution in [0.25, 0.3) is 5.57 Å². The van der Waals surface area contributed by atoms with Crippen LogP contribution in [0.4, 0.5) is 0 Å². The number of hydrogen-bond donors (Lipinski definition) is 0. The smallest absolute Gasteiger partial charge is 0.0129 e. The van der Waals surface area contributed by atoms with Gasteiger partial charge in [-0.1, -0.05) is 84.9 Å². The molecule has 0 N–H and O–H groups in total. The third-order valence-corrected chi connectivity index (χ3v) is 6.22. The Hall–Kier alpha value is -1.82. The fourth-order valence-electron chi connectivity index (χ4n) is 4.55. The average Bonchev–Trinajstić information content (AvgIpc) is 2.62. The van der Waals surface area contributed by atoms with Gasteiger partial charge in [-0.05, 0) is 96.4 Å². The van der Waals surface area contributed by atoms with E-state index in [4.69, 9.17) is 0 Å². The summed E-state index contributed by atoms with van der Waals surface area (Å²) >= 11 is 0. The summed E-state index contributed by atoms with van der Waals surface area (Å²) in [6, 6.07) is 6.64. The summed E-state index contributed by atoms with van der Waals surface area (Å²) < 4.78 is 0. The average molecular weight is 393 g/mol. The predicted molar refractivity (Wildman–Crippen MR) is 133 cm³/mol. The van der Waals surface area contributed by atoms with Gasteiger partial charge in [0, 0.05) is 0 Å². The van der Waals surface area contributed by atoms with E-state index in [9.17, 15) is 0 Å². The molecule has 0 nitrogen and oxygen atoms in total. The van der Waals surface area contributed by atoms with Gasteiger partial charge in [-0.15, -0.1) is 0 Å². The van der Waals surface area contributed by atoms with Crippen LogP contribution in [-0.2, 0) is 0 Å². The summed E-state index contributed by atoms with van der Waals surface area (Å²) in [6.45, 7) is 29.5. The third-order valence-electron chi connectivity index (χ3n) is 6.22. The Morgan fingerprint density at radius 1 is 0.966 bits per heavy atom. The van der Waals surface area contributed by atoms with Crippen LogP contribution in [0.1, 0.15) is 91.8 Å². The first-order valence-corrected chi connectivity index (χ1v) is 11.3. The zero-order chi connectivity index (χ0) is 22.5. The molecule has 1 rings (SSSR count). The number of aryl methyl sites for hydroxylation is 2. The molecular formula is C29H44. The molecule has 0 saturated carbocycles. The van der Waals surface area contributed by atoms with Gasteiger partial charge >= 0.3 is 0 Å². The van der Waals surface area contributed by atoms with Gasteiger partial charge in [-0.2, -0.15) is 0 Å². The van der Waals surface area contributed by atoms with Gasteiger partial charge in [-0.25, -0.2) is 0 Å². The highest BCUT2D eigenvalue weighted by Crippen LogP contribution is 2.42. The lowest BCUT2D eigenvalue weighted by molar-refractivity contribution is 0.511. The molecule has 0 aliphatic heterocycles. The van der Waals surface area contributed by atoms with Crippen molar-refractivity contribution in [3.8, 4) is 0 Å². The molecule has 29 heavy (non-hydrogen) atoms. The normalized spacial score (nSPS) is 15.0. The van der Waals surface area contributed by atoms with Crippen LogP contribution in [0, 0.1) is 25.2 Å². The van der Waals surface area contributed by atoms with E-state index in [1.54, 1.807) is 0 Å². The Morgan fingerprint density at radius 2 is 1.45 bits per heavy atom. The second-order valence-electron chi connectivity index (χ2n) is 9.64. The Labute approximate surface area is 181 Å². The van der Waals surface area contributed by atoms with E-state index >= 15 is 0 Å². The number of allylic oxidation sites excluding steroid dienone is 7. The second-order valence-corrected chi connectivity index (χ2v) is 9.64. The molecule has 0 amide bonds. The van der Waals surface area contributed by atoms with Gasteiger partial charge < -0.3 is 0 Å². The SMILES string of the molecule is C=C\C(=C(CC)/C(C(/CC)=C(\C)C(C)C)=C(\C)c1c(C)cccc1C)C(C)(C)C. The van der Waals surface area contributed by atoms with Crippen molar-refractivity contribution < 1.29 is 0 Å². The molecule has 1 aromatic carbocycles. The molecule has 0 heteroatoms. The Balaban J connectivity index is 4.23. The summed E-state index contributed by atoms with van der Waals surface area (Å²) in [7, 11) is 0. The number of hydrogen-bond acceptors (Lipinski definition) is 0. The van der Waals surface area contributed by atoms with Gasteiger partial charge in [0.15, 0.2) is 0 Å². The van der Waals surface area contributed by atoms with Crippen molar-refractivity contribution in [3.05, 3.63) is 75.4 Å². The maximum absolute atomic E-state index is 4.21. The Bertz CT molecular complexity index is 809. The minimum Gasteiger partial charge on any atom is -0.0988 e. The predicted octanol–water partition coefficient (Wildman–Crippen LogP) is 9.40. The topological polar surface area (TPSA) is 0 Å². The molecule has 0 radical (unpaired) electrons. The minimum absolute atomic E-state index is 0.0595. The van der Waals surface area contributed by atoms with Crippen LogP contribution in [0.15, 0.2) is 58.7 Å². The molecule has 0 spiro atoms. The first kappa shape index (κ1) is 25.2. The van der Waals surface area contributed by atoms with Crippen molar-refractivity contribution in [2.75, 3.05) is 0 Å². The zero-order valence-electron chi connectivity index (χ0n) is 21.0. The molecule has 0 unspecified atom stereocenters. The standard InChI is InChI=1S/C29H44/c1-13-24(22(8)19(4)5)28(25(14-2)26(15-3)29(10,11)12)23(9)27-20(6)17-16-18-21(27)7/h15-19H,3,13-14H2,1-2,4-12H3/b24-22+,26-25+,28-23+. The molecule has 0 atom stereocenters. The van der Waals surface area contributed by atoms with Crippen molar-refractivity contribution in [1.29, 1.82) is 0 Å². The third kappa shape index (κ3) is 5.62. The zero-order valence-corrected chi connectivity index (χ0v) is 21.0. The first-order valence-electron chi connectivity index (χ1n) is 11.3. The molecule has 0 fully saturated rings. The summed E-state index contributed by atoms with van der Waals surface area (Å²) in [5.74, 6) is 0.533. The number of rotatable bonds is 7. The van der Waals surface area contributed by atoms with Gasteiger partial charge in [0.05, 0.1) is 0 Å². The van der Waals surface area contributed by atoms with Crippen molar-refractivity contribution in [2.45, 2.75) is 89.0 Å². The van der Waals surface area contributed by atoms with Crippen molar-refractivity contribution >= 4 is 5.57 Å². The molecule has 0 aliphatic carbocycles. The van der Waals surface area contributed by atoms with Gasteiger partial charge in [-0.3, -0.25) is 0 Å². The van der Waals surface area contributed by atoms with Gasteiger partial charge in [0.2, 0.25) is 0 Å². The summed E-state index contributed by atoms with van der Waals surface area (Å²) in [6.07, 6.45) is 4.14. The van der Waals surface area contributed by atoms with E-state index in [-0.39, 0.29) is 5.41 Å². The van der Waals surface area contributed by atoms with E-state index in [0.29, 0.717) is 5.92 Å². The van der Waals surface area contributed by atoms with Gasteiger partial charge in [0.1, 0.15) is 0 Å². The van der Waals surface area contributed by atoms with E-state index in [1.807, 2.05) is 0 Å². The quantitative estimate of drug-likeness (QED) is 0.405. The summed E-state index contributed by atoms with van der Waals surface area (Å²) in [4.78, 5) is 0. The number of benzene rings is 1. The highest BCUT2D eigenvalue weighted by atomic mass is 14.3. The van der Waals surface area contributed by atoms with Gasteiger partial charge in [0.25, 0.3) is 0 Å². The maximum Gasteiger partial charge on any atom is -0.0129 e. The molecule has 0 aromatic heterocycles. The van der Waals surface area contributed by atoms with Crippen LogP contribution < -0.4 is 0 Å². The molecule has 0 heterocycles. The summed E-state index contributed by atoms with van der Waals surface area (Å²) in [5, 5.41) is 0. The highest BCUT2D eigenvalue weighted by Gasteiger charge is 2.24. The highest BCUT2D eigenvalue weighted by molar-refractivity contribution is 5.80. The minimum atomic E-state index is 0.0595. The van der Waals surface area contributed by atoms with Crippen LogP contribution >= 0.6 is 0 Å². The Morgan fingerprint density at radius 3 is 1.79 bits per heavy atom. The van der Waals surface area contributed by atoms with Crippen LogP contribution in [-0.4, -0.2) is 0 Å². The second kappa shape index (κ2) is 10.3. The maximum atomic E-state index is 4.21. The van der Waals surface area contributed by atoms with Crippen LogP contribution in [0.5, 0.6) is 0 Å². The molecular weight excluding hydrogens is 348 g/mol. The first-order chi connectivity index (χ1) is 13.4. The molecule has 0 bridgehead atoms. The van der Waals surface area contributed by atoms with Crippen molar-refractivity contribution in [1.82, 2.24) is 0 Å². The Kier molecular flexibility index (Phi) is 8.94. The molecule has 1 aromatic rings. The van der Waals surface area contributed by atoms with Crippen molar-refractivity contribution in [2.24, 2.45) is 11.3 Å².